The van der Waals surface area contributed by atoms with Crippen LogP contribution in [0.5, 0.6) is 0 Å². The van der Waals surface area contributed by atoms with Gasteiger partial charge in [-0.2, -0.15) is 0 Å². The highest BCUT2D eigenvalue weighted by Crippen LogP contribution is 2.27. The Labute approximate surface area is 149 Å². The van der Waals surface area contributed by atoms with Gasteiger partial charge in [-0.25, -0.2) is 0 Å². The Morgan fingerprint density at radius 3 is 2.54 bits per heavy atom. The molecule has 0 atom stereocenters. The smallest absolute Gasteiger partial charge is 0.255 e. The fraction of sp³-hybridized carbons (Fsp3) is 0.176. The van der Waals surface area contributed by atoms with Crippen LogP contribution < -0.4 is 15.5 Å². The zero-order chi connectivity index (χ0) is 17.1. The first-order valence-electron chi connectivity index (χ1n) is 7.41. The predicted molar refractivity (Wildman–Crippen MR) is 96.1 cm³/mol. The lowest BCUT2D eigenvalue weighted by Gasteiger charge is -2.30. The average Bonchev–Trinajstić information content (AvgIpc) is 2.54. The summed E-state index contributed by atoms with van der Waals surface area (Å²) in [5, 5.41) is 6.44. The van der Waals surface area contributed by atoms with Crippen LogP contribution in [0.3, 0.4) is 0 Å². The molecule has 2 aromatic carbocycles. The molecule has 1 fully saturated rings. The monoisotopic (exact) mass is 363 g/mol. The van der Waals surface area contributed by atoms with Crippen LogP contribution in [0.1, 0.15) is 10.4 Å². The van der Waals surface area contributed by atoms with Gasteiger partial charge >= 0.3 is 0 Å². The SMILES string of the molecule is O=C1CN(c2ccccc2NC(=O)c2cc(Cl)cc(Cl)c2)CCN1. The van der Waals surface area contributed by atoms with Crippen LogP contribution in [-0.2, 0) is 4.79 Å². The van der Waals surface area contributed by atoms with Gasteiger partial charge in [-0.3, -0.25) is 9.59 Å². The number of piperazine rings is 1. The first kappa shape index (κ1) is 16.6. The summed E-state index contributed by atoms with van der Waals surface area (Å²) in [6.45, 7) is 1.52. The Balaban J connectivity index is 1.85. The van der Waals surface area contributed by atoms with Crippen molar-refractivity contribution in [2.75, 3.05) is 29.9 Å². The summed E-state index contributed by atoms with van der Waals surface area (Å²) in [6, 6.07) is 12.0. The Bertz CT molecular complexity index is 775. The van der Waals surface area contributed by atoms with Crippen molar-refractivity contribution in [1.29, 1.82) is 0 Å². The summed E-state index contributed by atoms with van der Waals surface area (Å²) in [6.07, 6.45) is 0. The van der Waals surface area contributed by atoms with Gasteiger partial charge in [-0.05, 0) is 30.3 Å². The Kier molecular flexibility index (Phi) is 4.92. The number of halogens is 2. The molecular formula is C17H15Cl2N3O2. The fourth-order valence-corrected chi connectivity index (χ4v) is 3.10. The van der Waals surface area contributed by atoms with Crippen molar-refractivity contribution in [3.63, 3.8) is 0 Å². The van der Waals surface area contributed by atoms with E-state index >= 15 is 0 Å². The van der Waals surface area contributed by atoms with Gasteiger partial charge in [0.2, 0.25) is 5.91 Å². The number of rotatable bonds is 3. The highest BCUT2D eigenvalue weighted by Gasteiger charge is 2.20. The van der Waals surface area contributed by atoms with Crippen molar-refractivity contribution >= 4 is 46.4 Å². The second-order valence-corrected chi connectivity index (χ2v) is 6.27. The number of nitrogens with zero attached hydrogens (tertiary/aromatic N) is 1. The summed E-state index contributed by atoms with van der Waals surface area (Å²) in [4.78, 5) is 26.0. The van der Waals surface area contributed by atoms with Crippen molar-refractivity contribution in [1.82, 2.24) is 5.32 Å². The average molecular weight is 364 g/mol. The third kappa shape index (κ3) is 3.80. The lowest BCUT2D eigenvalue weighted by atomic mass is 10.2. The van der Waals surface area contributed by atoms with Crippen molar-refractivity contribution in [2.45, 2.75) is 0 Å². The van der Waals surface area contributed by atoms with E-state index in [1.54, 1.807) is 24.3 Å². The van der Waals surface area contributed by atoms with Crippen LogP contribution in [-0.4, -0.2) is 31.4 Å². The molecule has 1 aliphatic rings. The number of carbonyl (C=O) groups excluding carboxylic acids is 2. The lowest BCUT2D eigenvalue weighted by Crippen LogP contribution is -2.47. The predicted octanol–water partition coefficient (Wildman–Crippen LogP) is 3.18. The maximum Gasteiger partial charge on any atom is 0.255 e. The molecular weight excluding hydrogens is 349 g/mol. The molecule has 1 heterocycles. The van der Waals surface area contributed by atoms with E-state index < -0.39 is 0 Å². The second kappa shape index (κ2) is 7.11. The molecule has 1 aliphatic heterocycles. The quantitative estimate of drug-likeness (QED) is 0.880. The summed E-state index contributed by atoms with van der Waals surface area (Å²) >= 11 is 11.9. The number of amides is 2. The number of carbonyl (C=O) groups is 2. The van der Waals surface area contributed by atoms with E-state index in [-0.39, 0.29) is 18.4 Å². The highest BCUT2D eigenvalue weighted by molar-refractivity contribution is 6.35. The van der Waals surface area contributed by atoms with E-state index in [9.17, 15) is 9.59 Å². The standard InChI is InChI=1S/C17H15Cl2N3O2/c18-12-7-11(8-13(19)9-12)17(24)21-14-3-1-2-4-15(14)22-6-5-20-16(23)10-22/h1-4,7-9H,5-6,10H2,(H,20,23)(H,21,24). The second-order valence-electron chi connectivity index (χ2n) is 5.40. The summed E-state index contributed by atoms with van der Waals surface area (Å²) < 4.78 is 0. The number of benzene rings is 2. The topological polar surface area (TPSA) is 61.4 Å². The van der Waals surface area contributed by atoms with Crippen molar-refractivity contribution in [3.8, 4) is 0 Å². The molecule has 0 bridgehead atoms. The third-order valence-corrected chi connectivity index (χ3v) is 4.09. The molecule has 0 aromatic heterocycles. The molecule has 0 saturated carbocycles. The first-order chi connectivity index (χ1) is 11.5. The molecule has 124 valence electrons. The number of nitrogens with one attached hydrogen (secondary N) is 2. The van der Waals surface area contributed by atoms with Crippen molar-refractivity contribution < 1.29 is 9.59 Å². The molecule has 0 spiro atoms. The summed E-state index contributed by atoms with van der Waals surface area (Å²) in [5.74, 6) is -0.350. The minimum atomic E-state index is -0.312. The van der Waals surface area contributed by atoms with Crippen LogP contribution in [0.4, 0.5) is 11.4 Å². The molecule has 7 heteroatoms. The zero-order valence-corrected chi connectivity index (χ0v) is 14.2. The molecule has 24 heavy (non-hydrogen) atoms. The van der Waals surface area contributed by atoms with Crippen molar-refractivity contribution in [3.05, 3.63) is 58.1 Å². The number of para-hydroxylation sites is 2. The van der Waals surface area contributed by atoms with E-state index in [1.807, 2.05) is 23.1 Å². The molecule has 0 radical (unpaired) electrons. The number of hydrogen-bond acceptors (Lipinski definition) is 3. The molecule has 0 unspecified atom stereocenters. The van der Waals surface area contributed by atoms with Crippen LogP contribution in [0.25, 0.3) is 0 Å². The van der Waals surface area contributed by atoms with E-state index in [2.05, 4.69) is 10.6 Å². The normalized spacial score (nSPS) is 14.2. The highest BCUT2D eigenvalue weighted by atomic mass is 35.5. The Morgan fingerprint density at radius 2 is 1.83 bits per heavy atom. The van der Waals surface area contributed by atoms with Crippen LogP contribution >= 0.6 is 23.2 Å². The van der Waals surface area contributed by atoms with Gasteiger partial charge < -0.3 is 15.5 Å². The zero-order valence-electron chi connectivity index (χ0n) is 12.7. The van der Waals surface area contributed by atoms with Gasteiger partial charge in [0.05, 0.1) is 17.9 Å². The third-order valence-electron chi connectivity index (χ3n) is 3.66. The summed E-state index contributed by atoms with van der Waals surface area (Å²) in [5.41, 5.74) is 1.81. The maximum absolute atomic E-state index is 12.5. The lowest BCUT2D eigenvalue weighted by molar-refractivity contribution is -0.120. The minimum absolute atomic E-state index is 0.0380. The fourth-order valence-electron chi connectivity index (χ4n) is 2.58. The van der Waals surface area contributed by atoms with Crippen LogP contribution in [0, 0.1) is 0 Å². The first-order valence-corrected chi connectivity index (χ1v) is 8.16. The largest absolute Gasteiger partial charge is 0.359 e. The van der Waals surface area contributed by atoms with Crippen LogP contribution in [0.2, 0.25) is 10.0 Å². The molecule has 0 aliphatic carbocycles. The van der Waals surface area contributed by atoms with Crippen molar-refractivity contribution in [2.24, 2.45) is 0 Å². The number of anilines is 2. The molecule has 2 aromatic rings. The number of hydrogen-bond donors (Lipinski definition) is 2. The molecule has 5 nitrogen and oxygen atoms in total. The maximum atomic E-state index is 12.5. The van der Waals surface area contributed by atoms with Gasteiger partial charge in [-0.15, -0.1) is 0 Å². The summed E-state index contributed by atoms with van der Waals surface area (Å²) in [7, 11) is 0. The molecule has 1 saturated heterocycles. The Hall–Kier alpha value is -2.24. The van der Waals surface area contributed by atoms with E-state index in [0.717, 1.165) is 5.69 Å². The van der Waals surface area contributed by atoms with Gasteiger partial charge in [0, 0.05) is 28.7 Å². The van der Waals surface area contributed by atoms with Gasteiger partial charge in [-0.1, -0.05) is 35.3 Å². The molecule has 2 N–H and O–H groups in total. The Morgan fingerprint density at radius 1 is 1.12 bits per heavy atom. The van der Waals surface area contributed by atoms with Gasteiger partial charge in [0.15, 0.2) is 0 Å². The van der Waals surface area contributed by atoms with E-state index in [1.165, 1.54) is 0 Å². The van der Waals surface area contributed by atoms with Gasteiger partial charge in [0.1, 0.15) is 0 Å². The molecule has 2 amide bonds. The van der Waals surface area contributed by atoms with Gasteiger partial charge in [0.25, 0.3) is 5.91 Å². The van der Waals surface area contributed by atoms with Crippen LogP contribution in [0.15, 0.2) is 42.5 Å². The van der Waals surface area contributed by atoms with E-state index in [4.69, 9.17) is 23.2 Å². The minimum Gasteiger partial charge on any atom is -0.359 e. The van der Waals surface area contributed by atoms with E-state index in [0.29, 0.717) is 34.4 Å². The molecule has 3 rings (SSSR count).